The van der Waals surface area contributed by atoms with Gasteiger partial charge in [-0.1, -0.05) is 30.3 Å². The summed E-state index contributed by atoms with van der Waals surface area (Å²) in [7, 11) is 0. The van der Waals surface area contributed by atoms with Crippen molar-refractivity contribution in [1.82, 2.24) is 9.55 Å². The van der Waals surface area contributed by atoms with E-state index in [0.29, 0.717) is 18.1 Å². The number of halogens is 2. The normalized spacial score (nSPS) is 10.1. The zero-order valence-corrected chi connectivity index (χ0v) is 12.1. The third kappa shape index (κ3) is 3.23. The Morgan fingerprint density at radius 2 is 1.67 bits per heavy atom. The molecule has 3 nitrogen and oxygen atoms in total. The van der Waals surface area contributed by atoms with Gasteiger partial charge in [0.05, 0.1) is 12.9 Å². The Morgan fingerprint density at radius 1 is 1.00 bits per heavy atom. The lowest BCUT2D eigenvalue weighted by molar-refractivity contribution is 0.628. The lowest BCUT2D eigenvalue weighted by Gasteiger charge is -2.06. The molecular weight excluding hydrogens is 289 g/mol. The Labute approximate surface area is 128 Å². The predicted molar refractivity (Wildman–Crippen MR) is 84.8 cm³/mol. The molecule has 0 atom stereocenters. The molecule has 0 unspecified atom stereocenters. The first-order valence-electron chi connectivity index (χ1n) is 6.34. The number of nitrogen functional groups attached to an aromatic ring is 1. The second kappa shape index (κ2) is 6.41. The number of hydrogen-bond acceptors (Lipinski definition) is 2. The van der Waals surface area contributed by atoms with Gasteiger partial charge < -0.3 is 10.3 Å². The van der Waals surface area contributed by atoms with Crippen LogP contribution in [0.5, 0.6) is 0 Å². The van der Waals surface area contributed by atoms with E-state index in [4.69, 9.17) is 5.73 Å². The average molecular weight is 304 g/mol. The van der Waals surface area contributed by atoms with Gasteiger partial charge in [0.15, 0.2) is 0 Å². The van der Waals surface area contributed by atoms with Gasteiger partial charge in [0.25, 0.3) is 0 Å². The molecule has 5 heteroatoms. The fourth-order valence-electron chi connectivity index (χ4n) is 2.13. The minimum atomic E-state index is -0.268. The highest BCUT2D eigenvalue weighted by Gasteiger charge is 2.10. The van der Waals surface area contributed by atoms with Crippen LogP contribution in [0.25, 0.3) is 11.3 Å². The third-order valence-corrected chi connectivity index (χ3v) is 3.19. The molecule has 0 aliphatic heterocycles. The van der Waals surface area contributed by atoms with Gasteiger partial charge in [-0.15, -0.1) is 12.4 Å². The van der Waals surface area contributed by atoms with Gasteiger partial charge >= 0.3 is 0 Å². The molecule has 3 aromatic rings. The van der Waals surface area contributed by atoms with Crippen LogP contribution in [0, 0.1) is 5.82 Å². The van der Waals surface area contributed by atoms with Gasteiger partial charge in [0.2, 0.25) is 0 Å². The first-order chi connectivity index (χ1) is 9.74. The topological polar surface area (TPSA) is 43.8 Å². The van der Waals surface area contributed by atoms with Gasteiger partial charge in [-0.2, -0.15) is 0 Å². The number of hydrogen-bond donors (Lipinski definition) is 1. The van der Waals surface area contributed by atoms with Crippen molar-refractivity contribution in [2.45, 2.75) is 6.54 Å². The maximum absolute atomic E-state index is 12.9. The molecule has 21 heavy (non-hydrogen) atoms. The summed E-state index contributed by atoms with van der Waals surface area (Å²) in [6.07, 6.45) is 1.71. The number of aromatic nitrogens is 2. The van der Waals surface area contributed by atoms with Crippen molar-refractivity contribution in [3.05, 3.63) is 72.3 Å². The quantitative estimate of drug-likeness (QED) is 0.801. The van der Waals surface area contributed by atoms with E-state index in [2.05, 4.69) is 4.98 Å². The van der Waals surface area contributed by atoms with Crippen LogP contribution in [-0.4, -0.2) is 9.55 Å². The van der Waals surface area contributed by atoms with E-state index in [-0.39, 0.29) is 18.2 Å². The minimum absolute atomic E-state index is 0. The van der Waals surface area contributed by atoms with E-state index in [1.165, 1.54) is 12.1 Å². The maximum atomic E-state index is 12.9. The molecule has 0 aliphatic carbocycles. The summed E-state index contributed by atoms with van der Waals surface area (Å²) in [5.41, 5.74) is 8.78. The van der Waals surface area contributed by atoms with Crippen molar-refractivity contribution in [1.29, 1.82) is 0 Å². The number of anilines is 1. The molecule has 1 aromatic heterocycles. The zero-order chi connectivity index (χ0) is 13.9. The molecule has 0 spiro atoms. The summed E-state index contributed by atoms with van der Waals surface area (Å²) < 4.78 is 14.8. The Bertz CT molecular complexity index is 708. The molecule has 1 heterocycles. The monoisotopic (exact) mass is 303 g/mol. The fraction of sp³-hybridized carbons (Fsp3) is 0.0625. The van der Waals surface area contributed by atoms with Crippen LogP contribution in [0.4, 0.5) is 10.2 Å². The van der Waals surface area contributed by atoms with Crippen LogP contribution >= 0.6 is 12.4 Å². The molecule has 0 bridgehead atoms. The van der Waals surface area contributed by atoms with Crippen LogP contribution in [0.15, 0.2) is 60.9 Å². The minimum Gasteiger partial charge on any atom is -0.383 e. The molecule has 108 valence electrons. The summed E-state index contributed by atoms with van der Waals surface area (Å²) in [5, 5.41) is 0. The second-order valence-electron chi connectivity index (χ2n) is 4.60. The van der Waals surface area contributed by atoms with E-state index in [0.717, 1.165) is 11.1 Å². The Morgan fingerprint density at radius 3 is 2.33 bits per heavy atom. The van der Waals surface area contributed by atoms with E-state index >= 15 is 0 Å². The van der Waals surface area contributed by atoms with E-state index in [1.54, 1.807) is 18.5 Å². The van der Waals surface area contributed by atoms with Crippen LogP contribution in [0.1, 0.15) is 5.56 Å². The van der Waals surface area contributed by atoms with Gasteiger partial charge in [-0.25, -0.2) is 9.37 Å². The summed E-state index contributed by atoms with van der Waals surface area (Å²) in [6, 6.07) is 16.2. The highest BCUT2D eigenvalue weighted by Crippen LogP contribution is 2.24. The number of imidazole rings is 1. The maximum Gasteiger partial charge on any atom is 0.131 e. The van der Waals surface area contributed by atoms with Gasteiger partial charge in [-0.05, 0) is 29.8 Å². The van der Waals surface area contributed by atoms with E-state index < -0.39 is 0 Å². The lowest BCUT2D eigenvalue weighted by Crippen LogP contribution is -2.03. The third-order valence-electron chi connectivity index (χ3n) is 3.19. The Balaban J connectivity index is 0.00000161. The number of nitrogens with two attached hydrogens (primary N) is 1. The summed E-state index contributed by atoms with van der Waals surface area (Å²) in [5.74, 6) is 0.316. The molecule has 2 N–H and O–H groups in total. The lowest BCUT2D eigenvalue weighted by atomic mass is 10.1. The molecule has 0 saturated heterocycles. The van der Waals surface area contributed by atoms with E-state index in [9.17, 15) is 4.39 Å². The molecular formula is C16H15ClFN3. The van der Waals surface area contributed by atoms with Gasteiger partial charge in [0.1, 0.15) is 17.3 Å². The van der Waals surface area contributed by atoms with Gasteiger partial charge in [-0.3, -0.25) is 0 Å². The summed E-state index contributed by atoms with van der Waals surface area (Å²) >= 11 is 0. The molecule has 0 saturated carbocycles. The summed E-state index contributed by atoms with van der Waals surface area (Å²) in [6.45, 7) is 0.668. The molecule has 3 rings (SSSR count). The fourth-order valence-corrected chi connectivity index (χ4v) is 2.13. The SMILES string of the molecule is Cl.Nc1c(-c2ccc(F)cc2)ncn1Cc1ccccc1. The molecule has 2 aromatic carbocycles. The van der Waals surface area contributed by atoms with Crippen LogP contribution in [0.3, 0.4) is 0 Å². The molecule has 0 fully saturated rings. The molecule has 0 radical (unpaired) electrons. The summed E-state index contributed by atoms with van der Waals surface area (Å²) in [4.78, 5) is 4.33. The van der Waals surface area contributed by atoms with E-state index in [1.807, 2.05) is 34.9 Å². The Hall–Kier alpha value is -2.33. The number of benzene rings is 2. The Kier molecular flexibility index (Phi) is 4.60. The zero-order valence-electron chi connectivity index (χ0n) is 11.2. The first kappa shape index (κ1) is 15.1. The van der Waals surface area contributed by atoms with Crippen LogP contribution in [0.2, 0.25) is 0 Å². The van der Waals surface area contributed by atoms with Crippen molar-refractivity contribution < 1.29 is 4.39 Å². The standard InChI is InChI=1S/C16H14FN3.ClH/c17-14-8-6-13(7-9-14)15-16(18)20(11-19-15)10-12-4-2-1-3-5-12;/h1-9,11H,10,18H2;1H. The average Bonchev–Trinajstić information content (AvgIpc) is 2.83. The van der Waals surface area contributed by atoms with Crippen molar-refractivity contribution in [2.75, 3.05) is 5.73 Å². The number of rotatable bonds is 3. The van der Waals surface area contributed by atoms with Crippen molar-refractivity contribution in [2.24, 2.45) is 0 Å². The van der Waals surface area contributed by atoms with Crippen LogP contribution in [-0.2, 0) is 6.54 Å². The molecule has 0 amide bonds. The van der Waals surface area contributed by atoms with Crippen LogP contribution < -0.4 is 5.73 Å². The highest BCUT2D eigenvalue weighted by atomic mass is 35.5. The molecule has 0 aliphatic rings. The number of nitrogens with zero attached hydrogens (tertiary/aromatic N) is 2. The second-order valence-corrected chi connectivity index (χ2v) is 4.60. The first-order valence-corrected chi connectivity index (χ1v) is 6.34. The van der Waals surface area contributed by atoms with Crippen molar-refractivity contribution in [3.63, 3.8) is 0 Å². The largest absolute Gasteiger partial charge is 0.383 e. The van der Waals surface area contributed by atoms with Crippen molar-refractivity contribution in [3.8, 4) is 11.3 Å². The van der Waals surface area contributed by atoms with Crippen molar-refractivity contribution >= 4 is 18.2 Å². The van der Waals surface area contributed by atoms with Gasteiger partial charge in [0, 0.05) is 5.56 Å². The predicted octanol–water partition coefficient (Wildman–Crippen LogP) is 3.74. The highest BCUT2D eigenvalue weighted by molar-refractivity contribution is 5.85. The smallest absolute Gasteiger partial charge is 0.131 e.